The Labute approximate surface area is 436 Å². The number of primary amides is 1. The summed E-state index contributed by atoms with van der Waals surface area (Å²) in [5.41, 5.74) is 13.9. The topological polar surface area (TPSA) is 361 Å². The van der Waals surface area contributed by atoms with Crippen molar-refractivity contribution >= 4 is 79.7 Å². The molecule has 0 bridgehead atoms. The van der Waals surface area contributed by atoms with Crippen LogP contribution in [0.3, 0.4) is 0 Å². The first-order valence-electron chi connectivity index (χ1n) is 24.2. The molecule has 1 aliphatic rings. The maximum Gasteiger partial charge on any atom is 0.245 e. The zero-order valence-electron chi connectivity index (χ0n) is 41.3. The van der Waals surface area contributed by atoms with Crippen molar-refractivity contribution in [1.29, 1.82) is 0 Å². The molecule has 2 heterocycles. The minimum atomic E-state index is -1.72. The minimum Gasteiger partial charge on any atom is -0.508 e. The average molecular weight is 1060 g/mol. The van der Waals surface area contributed by atoms with Crippen LogP contribution in [0.15, 0.2) is 85.1 Å². The number of benzene rings is 3. The Morgan fingerprint density at radius 1 is 0.730 bits per heavy atom. The number of aromatic amines is 1. The van der Waals surface area contributed by atoms with Gasteiger partial charge in [-0.3, -0.25) is 38.4 Å². The van der Waals surface area contributed by atoms with Crippen LogP contribution in [0.1, 0.15) is 49.8 Å². The van der Waals surface area contributed by atoms with Gasteiger partial charge in [-0.2, -0.15) is 0 Å². The average Bonchev–Trinajstić information content (AvgIpc) is 3.78. The lowest BCUT2D eigenvalue weighted by Gasteiger charge is -2.29. The van der Waals surface area contributed by atoms with Crippen molar-refractivity contribution in [1.82, 2.24) is 47.5 Å². The molecular formula is C50H67N11O11S2. The Morgan fingerprint density at radius 3 is 2.00 bits per heavy atom. The lowest BCUT2D eigenvalue weighted by Crippen LogP contribution is -2.62. The third-order valence-electron chi connectivity index (χ3n) is 12.2. The van der Waals surface area contributed by atoms with E-state index in [1.807, 2.05) is 48.5 Å². The third-order valence-corrected chi connectivity index (χ3v) is 14.7. The Hall–Kier alpha value is -6.70. The number of hydrogen-bond acceptors (Lipinski definition) is 15. The van der Waals surface area contributed by atoms with Crippen LogP contribution in [0, 0.1) is 0 Å². The number of para-hydroxylation sites is 1. The molecule has 8 amide bonds. The SMILES string of the molecule is CNC(Cc1ccccc1)C(=O)NC1CSSCC(C(=O)NC(C(N)=O)C(C)O)NC(=O)C(C(C)O)NC(=O)C(CCCCN)NC(=O)C(Cc2c[nH]c3ccccc23)NC(=O)C(Cc2ccc(O)cc2)NC1=O. The lowest BCUT2D eigenvalue weighted by atomic mass is 10.0. The Balaban J connectivity index is 1.59. The van der Waals surface area contributed by atoms with Crippen molar-refractivity contribution in [2.75, 3.05) is 25.1 Å². The number of nitrogens with two attached hydrogens (primary N) is 2. The fourth-order valence-corrected chi connectivity index (χ4v) is 10.4. The second-order valence-corrected chi connectivity index (χ2v) is 20.5. The van der Waals surface area contributed by atoms with E-state index in [1.54, 1.807) is 31.4 Å². The predicted molar refractivity (Wildman–Crippen MR) is 281 cm³/mol. The number of likely N-dealkylation sites (N-methyl/N-ethyl adjacent to an activating group) is 1. The summed E-state index contributed by atoms with van der Waals surface area (Å²) in [6, 6.07) is 11.1. The standard InChI is InChI=1S/C50H67N11O11S2/c1-27(62)41(43(52)65)60-49(71)40-26-74-73-25-39(58-45(67)36(53-3)21-29-11-5-4-6-12-29)48(70)56-37(22-30-16-18-32(64)19-17-30)46(68)57-38(23-31-24-54-34-14-8-7-13-33(31)34)47(69)55-35(15-9-10-20-51)44(66)61-42(28(2)63)50(72)59-40/h4-8,11-14,16-19,24,27-28,35-42,53-54,62-64H,9-10,15,20-23,25-26,51H2,1-3H3,(H2,52,65)(H,55,69)(H,56,70)(H,57,68)(H,58,67)(H,59,72)(H,60,71)(H,61,66). The molecule has 1 fully saturated rings. The van der Waals surface area contributed by atoms with Gasteiger partial charge in [0, 0.05) is 41.4 Å². The van der Waals surface area contributed by atoms with Crippen LogP contribution < -0.4 is 54.0 Å². The van der Waals surface area contributed by atoms with Gasteiger partial charge in [0.1, 0.15) is 48.0 Å². The van der Waals surface area contributed by atoms with E-state index < -0.39 is 108 Å². The van der Waals surface area contributed by atoms with Crippen LogP contribution >= 0.6 is 21.6 Å². The molecule has 4 aromatic rings. The number of aromatic hydroxyl groups is 1. The van der Waals surface area contributed by atoms with E-state index in [0.29, 0.717) is 24.0 Å². The summed E-state index contributed by atoms with van der Waals surface area (Å²) in [7, 11) is 3.55. The molecule has 400 valence electrons. The van der Waals surface area contributed by atoms with Gasteiger partial charge >= 0.3 is 0 Å². The largest absolute Gasteiger partial charge is 0.508 e. The van der Waals surface area contributed by atoms with E-state index in [2.05, 4.69) is 47.5 Å². The maximum atomic E-state index is 14.8. The summed E-state index contributed by atoms with van der Waals surface area (Å²) in [6.45, 7) is 2.69. The fourth-order valence-electron chi connectivity index (χ4n) is 8.04. The second-order valence-electron chi connectivity index (χ2n) is 18.0. The zero-order chi connectivity index (χ0) is 53.9. The normalized spacial score (nSPS) is 22.3. The van der Waals surface area contributed by atoms with Crippen LogP contribution in [-0.2, 0) is 57.6 Å². The molecule has 0 aliphatic carbocycles. The quantitative estimate of drug-likeness (QED) is 0.0405. The fraction of sp³-hybridized carbons (Fsp3) is 0.440. The Bertz CT molecular complexity index is 2550. The first-order valence-corrected chi connectivity index (χ1v) is 26.6. The summed E-state index contributed by atoms with van der Waals surface area (Å²) >= 11 is 0. The van der Waals surface area contributed by atoms with Crippen molar-refractivity contribution < 1.29 is 53.7 Å². The van der Waals surface area contributed by atoms with E-state index in [9.17, 15) is 53.7 Å². The van der Waals surface area contributed by atoms with Crippen LogP contribution in [0.5, 0.6) is 5.75 Å². The summed E-state index contributed by atoms with van der Waals surface area (Å²) in [5, 5.41) is 53.5. The molecule has 1 aromatic heterocycles. The molecule has 22 nitrogen and oxygen atoms in total. The van der Waals surface area contributed by atoms with Gasteiger partial charge in [0.25, 0.3) is 0 Å². The minimum absolute atomic E-state index is 0.00415. The number of fused-ring (bicyclic) bond motifs is 1. The number of nitrogens with one attached hydrogen (secondary N) is 9. The number of phenolic OH excluding ortho intramolecular Hbond substituents is 1. The van der Waals surface area contributed by atoms with Gasteiger partial charge in [-0.1, -0.05) is 82.3 Å². The van der Waals surface area contributed by atoms with Gasteiger partial charge in [0.2, 0.25) is 47.3 Å². The number of carbonyl (C=O) groups excluding carboxylic acids is 8. The van der Waals surface area contributed by atoms with E-state index in [-0.39, 0.29) is 49.5 Å². The van der Waals surface area contributed by atoms with Crippen LogP contribution in [0.25, 0.3) is 10.9 Å². The molecular weight excluding hydrogens is 995 g/mol. The lowest BCUT2D eigenvalue weighted by molar-refractivity contribution is -0.137. The number of hydrogen-bond donors (Lipinski definition) is 14. The number of phenols is 1. The molecule has 0 spiro atoms. The first kappa shape index (κ1) is 58.2. The number of aliphatic hydroxyl groups excluding tert-OH is 2. The molecule has 1 saturated heterocycles. The second kappa shape index (κ2) is 28.7. The van der Waals surface area contributed by atoms with Gasteiger partial charge in [0.05, 0.1) is 18.2 Å². The van der Waals surface area contributed by atoms with E-state index >= 15 is 0 Å². The molecule has 24 heteroatoms. The molecule has 0 saturated carbocycles. The summed E-state index contributed by atoms with van der Waals surface area (Å²) in [6.07, 6.45) is -0.641. The number of H-pyrrole nitrogens is 1. The highest BCUT2D eigenvalue weighted by Gasteiger charge is 2.37. The Morgan fingerprint density at radius 2 is 1.35 bits per heavy atom. The summed E-state index contributed by atoms with van der Waals surface area (Å²) in [5.74, 6) is -7.56. The molecule has 1 aliphatic heterocycles. The van der Waals surface area contributed by atoms with Gasteiger partial charge in [-0.15, -0.1) is 0 Å². The molecule has 10 atom stereocenters. The molecule has 74 heavy (non-hydrogen) atoms. The maximum absolute atomic E-state index is 14.8. The van der Waals surface area contributed by atoms with Gasteiger partial charge in [-0.25, -0.2) is 0 Å². The van der Waals surface area contributed by atoms with Crippen LogP contribution in [-0.4, -0.2) is 153 Å². The molecule has 16 N–H and O–H groups in total. The number of aromatic nitrogens is 1. The highest BCUT2D eigenvalue weighted by Crippen LogP contribution is 2.25. The first-order chi connectivity index (χ1) is 35.4. The molecule has 5 rings (SSSR count). The number of aliphatic hydroxyl groups is 2. The molecule has 10 unspecified atom stereocenters. The van der Waals surface area contributed by atoms with Crippen molar-refractivity contribution in [2.24, 2.45) is 11.5 Å². The number of unbranched alkanes of at least 4 members (excludes halogenated alkanes) is 1. The number of carbonyl (C=O) groups is 8. The molecule has 3 aromatic carbocycles. The van der Waals surface area contributed by atoms with Crippen molar-refractivity contribution in [3.63, 3.8) is 0 Å². The zero-order valence-corrected chi connectivity index (χ0v) is 42.9. The predicted octanol–water partition coefficient (Wildman–Crippen LogP) is -1.35. The highest BCUT2D eigenvalue weighted by atomic mass is 33.1. The molecule has 0 radical (unpaired) electrons. The van der Waals surface area contributed by atoms with Crippen molar-refractivity contribution in [3.8, 4) is 5.75 Å². The van der Waals surface area contributed by atoms with Crippen LogP contribution in [0.2, 0.25) is 0 Å². The van der Waals surface area contributed by atoms with Gasteiger partial charge in [-0.05, 0) is 88.0 Å². The van der Waals surface area contributed by atoms with Crippen LogP contribution in [0.4, 0.5) is 0 Å². The number of amides is 8. The summed E-state index contributed by atoms with van der Waals surface area (Å²) in [4.78, 5) is 116. The van der Waals surface area contributed by atoms with Crippen molar-refractivity contribution in [3.05, 3.63) is 102 Å². The monoisotopic (exact) mass is 1060 g/mol. The third kappa shape index (κ3) is 17.2. The van der Waals surface area contributed by atoms with E-state index in [1.165, 1.54) is 26.0 Å². The number of rotatable bonds is 18. The smallest absolute Gasteiger partial charge is 0.245 e. The van der Waals surface area contributed by atoms with Gasteiger partial charge < -0.3 is 74.3 Å². The Kier molecular flexibility index (Phi) is 22.5. The highest BCUT2D eigenvalue weighted by molar-refractivity contribution is 8.76. The van der Waals surface area contributed by atoms with E-state index in [4.69, 9.17) is 11.5 Å². The van der Waals surface area contributed by atoms with Gasteiger partial charge in [0.15, 0.2) is 0 Å². The van der Waals surface area contributed by atoms with Crippen molar-refractivity contribution in [2.45, 2.75) is 113 Å². The summed E-state index contributed by atoms with van der Waals surface area (Å²) < 4.78 is 0. The van der Waals surface area contributed by atoms with E-state index in [0.717, 1.165) is 38.1 Å².